The van der Waals surface area contributed by atoms with Gasteiger partial charge in [0.15, 0.2) is 10.9 Å². The zero-order chi connectivity index (χ0) is 18.5. The Hall–Kier alpha value is -2.54. The number of nitrogens with zero attached hydrogens (tertiary/aromatic N) is 4. The van der Waals surface area contributed by atoms with E-state index < -0.39 is 0 Å². The van der Waals surface area contributed by atoms with Crippen LogP contribution in [0.15, 0.2) is 52.2 Å². The van der Waals surface area contributed by atoms with Gasteiger partial charge in [-0.25, -0.2) is 0 Å². The normalized spacial score (nSPS) is 10.9. The standard InChI is InChI=1S/C19H22N4O2S/c1-4-22(5-2)17(24)13-26-19-21-20-18(16-7-6-12-25-16)23(19)15-10-8-14(3)9-11-15/h6-12H,4-5,13H2,1-3H3. The van der Waals surface area contributed by atoms with E-state index in [1.807, 2.05) is 66.6 Å². The van der Waals surface area contributed by atoms with Gasteiger partial charge in [-0.3, -0.25) is 9.36 Å². The second kappa shape index (κ2) is 8.23. The van der Waals surface area contributed by atoms with Crippen LogP contribution in [0, 0.1) is 6.92 Å². The van der Waals surface area contributed by atoms with Crippen molar-refractivity contribution in [2.24, 2.45) is 0 Å². The SMILES string of the molecule is CCN(CC)C(=O)CSc1nnc(-c2ccco2)n1-c1ccc(C)cc1. The van der Waals surface area contributed by atoms with E-state index in [1.165, 1.54) is 17.3 Å². The van der Waals surface area contributed by atoms with E-state index in [4.69, 9.17) is 4.42 Å². The zero-order valence-electron chi connectivity index (χ0n) is 15.2. The van der Waals surface area contributed by atoms with Gasteiger partial charge in [0.05, 0.1) is 12.0 Å². The first-order chi connectivity index (χ1) is 12.6. The number of hydrogen-bond donors (Lipinski definition) is 0. The molecule has 3 rings (SSSR count). The Morgan fingerprint density at radius 2 is 1.88 bits per heavy atom. The lowest BCUT2D eigenvalue weighted by Crippen LogP contribution is -2.31. The van der Waals surface area contributed by atoms with Crippen LogP contribution in [0.5, 0.6) is 0 Å². The lowest BCUT2D eigenvalue weighted by Gasteiger charge is -2.18. The van der Waals surface area contributed by atoms with Gasteiger partial charge in [0.2, 0.25) is 11.7 Å². The Labute approximate surface area is 157 Å². The van der Waals surface area contributed by atoms with E-state index in [0.29, 0.717) is 35.6 Å². The van der Waals surface area contributed by atoms with E-state index in [9.17, 15) is 4.79 Å². The Morgan fingerprint density at radius 1 is 1.15 bits per heavy atom. The molecule has 0 atom stereocenters. The van der Waals surface area contributed by atoms with Crippen molar-refractivity contribution in [1.82, 2.24) is 19.7 Å². The zero-order valence-corrected chi connectivity index (χ0v) is 16.0. The molecule has 0 bridgehead atoms. The predicted molar refractivity (Wildman–Crippen MR) is 102 cm³/mol. The molecular weight excluding hydrogens is 348 g/mol. The van der Waals surface area contributed by atoms with Gasteiger partial charge >= 0.3 is 0 Å². The summed E-state index contributed by atoms with van der Waals surface area (Å²) in [6.07, 6.45) is 1.61. The number of aryl methyl sites for hydroxylation is 1. The number of rotatable bonds is 7. The molecule has 0 unspecified atom stereocenters. The van der Waals surface area contributed by atoms with Crippen LogP contribution in [0.1, 0.15) is 19.4 Å². The van der Waals surface area contributed by atoms with Gasteiger partial charge < -0.3 is 9.32 Å². The maximum absolute atomic E-state index is 12.3. The van der Waals surface area contributed by atoms with E-state index in [2.05, 4.69) is 10.2 Å². The molecule has 1 aromatic carbocycles. The fourth-order valence-electron chi connectivity index (χ4n) is 2.65. The molecule has 26 heavy (non-hydrogen) atoms. The Kier molecular flexibility index (Phi) is 5.78. The minimum atomic E-state index is 0.0954. The van der Waals surface area contributed by atoms with Crippen molar-refractivity contribution in [3.8, 4) is 17.3 Å². The molecule has 0 saturated heterocycles. The molecule has 0 aliphatic carbocycles. The van der Waals surface area contributed by atoms with Gasteiger partial charge in [-0.2, -0.15) is 0 Å². The molecule has 0 radical (unpaired) electrons. The van der Waals surface area contributed by atoms with Crippen LogP contribution in [0.4, 0.5) is 0 Å². The largest absolute Gasteiger partial charge is 0.461 e. The lowest BCUT2D eigenvalue weighted by atomic mass is 10.2. The highest BCUT2D eigenvalue weighted by Gasteiger charge is 2.19. The highest BCUT2D eigenvalue weighted by molar-refractivity contribution is 7.99. The van der Waals surface area contributed by atoms with E-state index >= 15 is 0 Å². The van der Waals surface area contributed by atoms with E-state index in [1.54, 1.807) is 6.26 Å². The maximum atomic E-state index is 12.3. The molecule has 0 N–H and O–H groups in total. The van der Waals surface area contributed by atoms with Crippen LogP contribution in [0.25, 0.3) is 17.3 Å². The molecule has 0 aliphatic heterocycles. The molecule has 2 heterocycles. The first-order valence-corrected chi connectivity index (χ1v) is 9.59. The number of carbonyl (C=O) groups is 1. The summed E-state index contributed by atoms with van der Waals surface area (Å²) in [5, 5.41) is 9.26. The Bertz CT molecular complexity index is 852. The summed E-state index contributed by atoms with van der Waals surface area (Å²) in [6.45, 7) is 7.42. The predicted octanol–water partition coefficient (Wildman–Crippen LogP) is 3.80. The Balaban J connectivity index is 1.93. The van der Waals surface area contributed by atoms with Gasteiger partial charge in [-0.15, -0.1) is 10.2 Å². The van der Waals surface area contributed by atoms with Gasteiger partial charge in [0, 0.05) is 18.8 Å². The number of thioether (sulfide) groups is 1. The molecular formula is C19H22N4O2S. The molecule has 0 fully saturated rings. The van der Waals surface area contributed by atoms with Gasteiger partial charge in [-0.1, -0.05) is 29.5 Å². The van der Waals surface area contributed by atoms with E-state index in [-0.39, 0.29) is 5.91 Å². The van der Waals surface area contributed by atoms with Crippen molar-refractivity contribution in [3.05, 3.63) is 48.2 Å². The minimum absolute atomic E-state index is 0.0954. The lowest BCUT2D eigenvalue weighted by molar-refractivity contribution is -0.127. The molecule has 3 aromatic rings. The molecule has 1 amide bonds. The first-order valence-electron chi connectivity index (χ1n) is 8.61. The number of furan rings is 1. The first kappa shape index (κ1) is 18.3. The smallest absolute Gasteiger partial charge is 0.233 e. The summed E-state index contributed by atoms with van der Waals surface area (Å²) in [6, 6.07) is 11.8. The van der Waals surface area contributed by atoms with Crippen LogP contribution in [0.3, 0.4) is 0 Å². The fourth-order valence-corrected chi connectivity index (χ4v) is 3.50. The summed E-state index contributed by atoms with van der Waals surface area (Å²) in [5.41, 5.74) is 2.11. The van der Waals surface area contributed by atoms with Crippen LogP contribution in [-0.4, -0.2) is 44.4 Å². The molecule has 7 heteroatoms. The topological polar surface area (TPSA) is 64.2 Å². The second-order valence-corrected chi connectivity index (χ2v) is 6.75. The van der Waals surface area contributed by atoms with Crippen molar-refractivity contribution < 1.29 is 9.21 Å². The van der Waals surface area contributed by atoms with Gasteiger partial charge in [-0.05, 0) is 45.0 Å². The molecule has 0 spiro atoms. The summed E-state index contributed by atoms with van der Waals surface area (Å²) >= 11 is 1.39. The van der Waals surface area contributed by atoms with Crippen molar-refractivity contribution in [2.45, 2.75) is 25.9 Å². The number of amides is 1. The number of carbonyl (C=O) groups excluding carboxylic acids is 1. The summed E-state index contributed by atoms with van der Waals surface area (Å²) in [5.74, 6) is 1.68. The fraction of sp³-hybridized carbons (Fsp3) is 0.316. The third-order valence-corrected chi connectivity index (χ3v) is 5.02. The van der Waals surface area contributed by atoms with Gasteiger partial charge in [0.1, 0.15) is 0 Å². The number of hydrogen-bond acceptors (Lipinski definition) is 5. The highest BCUT2D eigenvalue weighted by Crippen LogP contribution is 2.28. The number of aromatic nitrogens is 3. The summed E-state index contributed by atoms with van der Waals surface area (Å²) < 4.78 is 7.44. The number of benzene rings is 1. The highest BCUT2D eigenvalue weighted by atomic mass is 32.2. The Morgan fingerprint density at radius 3 is 2.50 bits per heavy atom. The van der Waals surface area contributed by atoms with Crippen LogP contribution >= 0.6 is 11.8 Å². The second-order valence-electron chi connectivity index (χ2n) is 5.81. The third kappa shape index (κ3) is 3.83. The monoisotopic (exact) mass is 370 g/mol. The van der Waals surface area contributed by atoms with Crippen LogP contribution < -0.4 is 0 Å². The minimum Gasteiger partial charge on any atom is -0.461 e. The average molecular weight is 370 g/mol. The van der Waals surface area contributed by atoms with Crippen LogP contribution in [-0.2, 0) is 4.79 Å². The maximum Gasteiger partial charge on any atom is 0.233 e. The van der Waals surface area contributed by atoms with Crippen molar-refractivity contribution in [1.29, 1.82) is 0 Å². The van der Waals surface area contributed by atoms with Gasteiger partial charge in [0.25, 0.3) is 0 Å². The van der Waals surface area contributed by atoms with Crippen molar-refractivity contribution in [3.63, 3.8) is 0 Å². The summed E-state index contributed by atoms with van der Waals surface area (Å²) in [4.78, 5) is 14.1. The average Bonchev–Trinajstić information content (AvgIpc) is 3.31. The van der Waals surface area contributed by atoms with Crippen LogP contribution in [0.2, 0.25) is 0 Å². The molecule has 6 nitrogen and oxygen atoms in total. The molecule has 2 aromatic heterocycles. The quantitative estimate of drug-likeness (QED) is 0.592. The van der Waals surface area contributed by atoms with E-state index in [0.717, 1.165) is 5.69 Å². The van der Waals surface area contributed by atoms with Crippen molar-refractivity contribution in [2.75, 3.05) is 18.8 Å². The summed E-state index contributed by atoms with van der Waals surface area (Å²) in [7, 11) is 0. The third-order valence-electron chi connectivity index (χ3n) is 4.11. The molecule has 0 aliphatic rings. The molecule has 136 valence electrons. The molecule has 0 saturated carbocycles. The van der Waals surface area contributed by atoms with Crippen molar-refractivity contribution >= 4 is 17.7 Å².